The van der Waals surface area contributed by atoms with Gasteiger partial charge in [-0.3, -0.25) is 9.48 Å². The largest absolute Gasteiger partial charge is 0.303 e. The van der Waals surface area contributed by atoms with Gasteiger partial charge in [0, 0.05) is 12.2 Å². The van der Waals surface area contributed by atoms with Gasteiger partial charge in [0.2, 0.25) is 0 Å². The number of hydrogen-bond donors (Lipinski definition) is 1. The van der Waals surface area contributed by atoms with Crippen molar-refractivity contribution < 1.29 is 4.79 Å². The fraction of sp³-hybridized carbons (Fsp3) is 0.545. The fourth-order valence-electron chi connectivity index (χ4n) is 1.24. The van der Waals surface area contributed by atoms with E-state index in [1.807, 2.05) is 27.7 Å². The monoisotopic (exact) mass is 207 g/mol. The number of carbonyl (C=O) groups excluding carboxylic acids is 1. The molecule has 4 heteroatoms. The van der Waals surface area contributed by atoms with Crippen LogP contribution < -0.4 is 0 Å². The third kappa shape index (κ3) is 2.32. The van der Waals surface area contributed by atoms with E-state index in [-0.39, 0.29) is 12.0 Å². The molecule has 0 bridgehead atoms. The number of nitrogens with zero attached hydrogens (tertiary/aromatic N) is 2. The predicted octanol–water partition coefficient (Wildman–Crippen LogP) is 2.30. The Morgan fingerprint density at radius 2 is 2.07 bits per heavy atom. The minimum absolute atomic E-state index is 0.0826. The van der Waals surface area contributed by atoms with Crippen LogP contribution in [0.5, 0.6) is 0 Å². The molecule has 4 nitrogen and oxygen atoms in total. The summed E-state index contributed by atoms with van der Waals surface area (Å²) in [6, 6.07) is 0.206. The molecule has 0 saturated carbocycles. The maximum Gasteiger partial charge on any atom is 0.153 e. The van der Waals surface area contributed by atoms with Crippen molar-refractivity contribution in [3.8, 4) is 0 Å². The Morgan fingerprint density at radius 3 is 2.47 bits per heavy atom. The van der Waals surface area contributed by atoms with E-state index in [1.165, 1.54) is 0 Å². The van der Waals surface area contributed by atoms with Gasteiger partial charge in [-0.25, -0.2) is 0 Å². The van der Waals surface area contributed by atoms with Gasteiger partial charge in [-0.2, -0.15) is 5.10 Å². The first-order chi connectivity index (χ1) is 6.97. The molecule has 1 aromatic rings. The molecule has 0 aromatic carbocycles. The lowest BCUT2D eigenvalue weighted by molar-refractivity contribution is 0.112. The average molecular weight is 207 g/mol. The molecule has 15 heavy (non-hydrogen) atoms. The molecule has 0 unspecified atom stereocenters. The van der Waals surface area contributed by atoms with Crippen molar-refractivity contribution in [2.75, 3.05) is 0 Å². The molecule has 0 aliphatic heterocycles. The van der Waals surface area contributed by atoms with Crippen molar-refractivity contribution in [2.45, 2.75) is 33.7 Å². The zero-order valence-corrected chi connectivity index (χ0v) is 9.61. The number of aldehydes is 1. The smallest absolute Gasteiger partial charge is 0.153 e. The SMILES string of the molecule is CC(C)C(=N)c1nn(C(C)C)cc1C=O. The quantitative estimate of drug-likeness (QED) is 0.608. The normalized spacial score (nSPS) is 11.1. The second-order valence-corrected chi connectivity index (χ2v) is 4.19. The molecule has 82 valence electrons. The van der Waals surface area contributed by atoms with E-state index >= 15 is 0 Å². The third-order valence-corrected chi connectivity index (χ3v) is 2.25. The van der Waals surface area contributed by atoms with Crippen molar-refractivity contribution in [1.29, 1.82) is 5.41 Å². The first-order valence-corrected chi connectivity index (χ1v) is 5.10. The van der Waals surface area contributed by atoms with Crippen LogP contribution in [0.3, 0.4) is 0 Å². The summed E-state index contributed by atoms with van der Waals surface area (Å²) in [4.78, 5) is 10.8. The van der Waals surface area contributed by atoms with E-state index in [2.05, 4.69) is 5.10 Å². The van der Waals surface area contributed by atoms with Crippen molar-refractivity contribution >= 4 is 12.0 Å². The molecule has 0 aliphatic carbocycles. The highest BCUT2D eigenvalue weighted by molar-refractivity contribution is 6.03. The topological polar surface area (TPSA) is 58.7 Å². The first-order valence-electron chi connectivity index (χ1n) is 5.10. The maximum atomic E-state index is 10.8. The van der Waals surface area contributed by atoms with E-state index in [4.69, 9.17) is 5.41 Å². The van der Waals surface area contributed by atoms with Crippen LogP contribution in [-0.2, 0) is 0 Å². The van der Waals surface area contributed by atoms with Crippen LogP contribution in [-0.4, -0.2) is 21.8 Å². The maximum absolute atomic E-state index is 10.8. The number of hydrogen-bond acceptors (Lipinski definition) is 3. The van der Waals surface area contributed by atoms with Crippen LogP contribution >= 0.6 is 0 Å². The van der Waals surface area contributed by atoms with Crippen LogP contribution in [0.2, 0.25) is 0 Å². The standard InChI is InChI=1S/C11H17N3O/c1-7(2)10(12)11-9(6-15)5-14(13-11)8(3)4/h5-8,12H,1-4H3. The molecule has 0 radical (unpaired) electrons. The molecule has 0 spiro atoms. The van der Waals surface area contributed by atoms with Crippen LogP contribution in [0.4, 0.5) is 0 Å². The van der Waals surface area contributed by atoms with E-state index in [1.54, 1.807) is 10.9 Å². The summed E-state index contributed by atoms with van der Waals surface area (Å²) in [5.41, 5.74) is 1.42. The van der Waals surface area contributed by atoms with Crippen LogP contribution in [0.1, 0.15) is 49.8 Å². The van der Waals surface area contributed by atoms with E-state index in [0.29, 0.717) is 17.0 Å². The lowest BCUT2D eigenvalue weighted by Crippen LogP contribution is -2.11. The number of carbonyl (C=O) groups is 1. The van der Waals surface area contributed by atoms with Gasteiger partial charge in [0.15, 0.2) is 6.29 Å². The van der Waals surface area contributed by atoms with E-state index in [9.17, 15) is 4.79 Å². The Bertz CT molecular complexity index is 377. The first kappa shape index (κ1) is 11.6. The summed E-state index contributed by atoms with van der Waals surface area (Å²) >= 11 is 0. The van der Waals surface area contributed by atoms with Gasteiger partial charge in [0.25, 0.3) is 0 Å². The molecule has 0 saturated heterocycles. The van der Waals surface area contributed by atoms with Gasteiger partial charge in [-0.1, -0.05) is 13.8 Å². The summed E-state index contributed by atoms with van der Waals surface area (Å²) in [7, 11) is 0. The minimum Gasteiger partial charge on any atom is -0.303 e. The number of aromatic nitrogens is 2. The highest BCUT2D eigenvalue weighted by atomic mass is 16.1. The molecule has 0 atom stereocenters. The Kier molecular flexibility index (Phi) is 3.39. The Labute approximate surface area is 89.8 Å². The molecule has 0 aliphatic rings. The second kappa shape index (κ2) is 4.38. The van der Waals surface area contributed by atoms with Crippen molar-refractivity contribution in [1.82, 2.24) is 9.78 Å². The number of nitrogens with one attached hydrogen (secondary N) is 1. The molecule has 1 heterocycles. The molecule has 0 fully saturated rings. The highest BCUT2D eigenvalue weighted by Gasteiger charge is 2.16. The highest BCUT2D eigenvalue weighted by Crippen LogP contribution is 2.13. The van der Waals surface area contributed by atoms with Crippen molar-refractivity contribution in [3.63, 3.8) is 0 Å². The molecule has 1 aromatic heterocycles. The Balaban J connectivity index is 3.16. The van der Waals surface area contributed by atoms with Crippen molar-refractivity contribution in [3.05, 3.63) is 17.5 Å². The van der Waals surface area contributed by atoms with Gasteiger partial charge >= 0.3 is 0 Å². The van der Waals surface area contributed by atoms with E-state index in [0.717, 1.165) is 6.29 Å². The lowest BCUT2D eigenvalue weighted by atomic mass is 10.0. The van der Waals surface area contributed by atoms with Crippen LogP contribution in [0.15, 0.2) is 6.20 Å². The zero-order chi connectivity index (χ0) is 11.6. The predicted molar refractivity (Wildman–Crippen MR) is 59.7 cm³/mol. The molecule has 0 amide bonds. The summed E-state index contributed by atoms with van der Waals surface area (Å²) in [5.74, 6) is 0.0826. The third-order valence-electron chi connectivity index (χ3n) is 2.25. The van der Waals surface area contributed by atoms with Crippen LogP contribution in [0, 0.1) is 11.3 Å². The molecular weight excluding hydrogens is 190 g/mol. The molecule has 1 rings (SSSR count). The zero-order valence-electron chi connectivity index (χ0n) is 9.61. The Hall–Kier alpha value is -1.45. The summed E-state index contributed by atoms with van der Waals surface area (Å²) in [6.07, 6.45) is 2.46. The number of rotatable bonds is 4. The minimum atomic E-state index is 0.0826. The lowest BCUT2D eigenvalue weighted by Gasteiger charge is -2.06. The Morgan fingerprint density at radius 1 is 1.47 bits per heavy atom. The second-order valence-electron chi connectivity index (χ2n) is 4.19. The summed E-state index contributed by atoms with van der Waals surface area (Å²) in [6.45, 7) is 7.82. The van der Waals surface area contributed by atoms with Gasteiger partial charge in [-0.15, -0.1) is 0 Å². The van der Waals surface area contributed by atoms with Crippen molar-refractivity contribution in [2.24, 2.45) is 5.92 Å². The molecule has 1 N–H and O–H groups in total. The van der Waals surface area contributed by atoms with Gasteiger partial charge in [0.05, 0.1) is 11.3 Å². The van der Waals surface area contributed by atoms with Gasteiger partial charge in [0.1, 0.15) is 5.69 Å². The molecular formula is C11H17N3O. The fourth-order valence-corrected chi connectivity index (χ4v) is 1.24. The average Bonchev–Trinajstić information content (AvgIpc) is 2.59. The van der Waals surface area contributed by atoms with Gasteiger partial charge < -0.3 is 5.41 Å². The summed E-state index contributed by atoms with van der Waals surface area (Å²) in [5, 5.41) is 12.1. The van der Waals surface area contributed by atoms with E-state index < -0.39 is 0 Å². The van der Waals surface area contributed by atoms with Crippen LogP contribution in [0.25, 0.3) is 0 Å². The summed E-state index contributed by atoms with van der Waals surface area (Å²) < 4.78 is 1.72. The van der Waals surface area contributed by atoms with Gasteiger partial charge in [-0.05, 0) is 19.8 Å².